The maximum absolute atomic E-state index is 12.3. The molecule has 0 bridgehead atoms. The smallest absolute Gasteiger partial charge is 0.261 e. The van der Waals surface area contributed by atoms with E-state index in [1.807, 2.05) is 6.07 Å². The zero-order valence-corrected chi connectivity index (χ0v) is 13.1. The highest BCUT2D eigenvalue weighted by Crippen LogP contribution is 2.15. The van der Waals surface area contributed by atoms with Crippen LogP contribution in [0.3, 0.4) is 0 Å². The van der Waals surface area contributed by atoms with Gasteiger partial charge in [-0.15, -0.1) is 0 Å². The second-order valence-electron chi connectivity index (χ2n) is 5.15. The minimum absolute atomic E-state index is 0.451. The first-order valence-corrected chi connectivity index (χ1v) is 7.32. The fraction of sp³-hybridized carbons (Fsp3) is 0.167. The van der Waals surface area contributed by atoms with Crippen molar-refractivity contribution in [2.24, 2.45) is 5.73 Å². The number of amides is 2. The molecule has 0 spiro atoms. The van der Waals surface area contributed by atoms with Crippen molar-refractivity contribution in [3.05, 3.63) is 65.7 Å². The Morgan fingerprint density at radius 3 is 2.29 bits per heavy atom. The van der Waals surface area contributed by atoms with Gasteiger partial charge >= 0.3 is 0 Å². The summed E-state index contributed by atoms with van der Waals surface area (Å²) in [6.07, 6.45) is -0.830. The Kier molecular flexibility index (Phi) is 5.53. The van der Waals surface area contributed by atoms with Gasteiger partial charge < -0.3 is 15.8 Å². The summed E-state index contributed by atoms with van der Waals surface area (Å²) in [6, 6.07) is 16.2. The van der Waals surface area contributed by atoms with Crippen molar-refractivity contribution in [2.75, 3.05) is 0 Å². The van der Waals surface area contributed by atoms with Gasteiger partial charge in [0.05, 0.1) is 11.6 Å². The summed E-state index contributed by atoms with van der Waals surface area (Å²) >= 11 is 0. The largest absolute Gasteiger partial charge is 0.481 e. The van der Waals surface area contributed by atoms with Gasteiger partial charge in [-0.25, -0.2) is 0 Å². The van der Waals surface area contributed by atoms with E-state index in [1.165, 1.54) is 0 Å². The van der Waals surface area contributed by atoms with Crippen LogP contribution in [0.25, 0.3) is 0 Å². The van der Waals surface area contributed by atoms with Gasteiger partial charge in [0.2, 0.25) is 5.91 Å². The minimum Gasteiger partial charge on any atom is -0.481 e. The van der Waals surface area contributed by atoms with Crippen molar-refractivity contribution in [3.8, 4) is 11.8 Å². The van der Waals surface area contributed by atoms with Gasteiger partial charge in [0.25, 0.3) is 5.91 Å². The first-order valence-electron chi connectivity index (χ1n) is 7.32. The molecule has 6 heteroatoms. The van der Waals surface area contributed by atoms with Crippen LogP contribution in [0.5, 0.6) is 5.75 Å². The molecule has 2 aromatic carbocycles. The summed E-state index contributed by atoms with van der Waals surface area (Å²) in [5, 5.41) is 11.3. The average Bonchev–Trinajstić information content (AvgIpc) is 2.60. The molecule has 2 rings (SSSR count). The van der Waals surface area contributed by atoms with E-state index in [1.54, 1.807) is 61.5 Å². The second kappa shape index (κ2) is 7.79. The molecule has 0 aliphatic heterocycles. The predicted octanol–water partition coefficient (Wildman–Crippen LogP) is 1.67. The Morgan fingerprint density at radius 1 is 1.12 bits per heavy atom. The van der Waals surface area contributed by atoms with E-state index in [0.717, 1.165) is 0 Å². The molecular formula is C18H17N3O3. The first-order chi connectivity index (χ1) is 11.5. The summed E-state index contributed by atoms with van der Waals surface area (Å²) in [5.41, 5.74) is 6.47. The van der Waals surface area contributed by atoms with Crippen molar-refractivity contribution < 1.29 is 14.3 Å². The van der Waals surface area contributed by atoms with Crippen LogP contribution in [0.2, 0.25) is 0 Å². The summed E-state index contributed by atoms with van der Waals surface area (Å²) < 4.78 is 5.52. The van der Waals surface area contributed by atoms with Gasteiger partial charge in [-0.3, -0.25) is 9.59 Å². The fourth-order valence-corrected chi connectivity index (χ4v) is 2.09. The van der Waals surface area contributed by atoms with E-state index >= 15 is 0 Å². The molecule has 0 saturated carbocycles. The van der Waals surface area contributed by atoms with E-state index in [4.69, 9.17) is 15.7 Å². The van der Waals surface area contributed by atoms with Crippen LogP contribution in [0, 0.1) is 11.3 Å². The number of nitrogens with two attached hydrogens (primary N) is 1. The first kappa shape index (κ1) is 17.0. The van der Waals surface area contributed by atoms with Gasteiger partial charge in [-0.05, 0) is 36.8 Å². The molecule has 6 nitrogen and oxygen atoms in total. The lowest BCUT2D eigenvalue weighted by Crippen LogP contribution is -2.43. The number of primary amides is 1. The third-order valence-corrected chi connectivity index (χ3v) is 3.37. The highest BCUT2D eigenvalue weighted by molar-refractivity contribution is 5.89. The number of benzene rings is 2. The number of ether oxygens (including phenoxy) is 1. The monoisotopic (exact) mass is 323 g/mol. The zero-order valence-electron chi connectivity index (χ0n) is 13.1. The molecule has 2 aromatic rings. The van der Waals surface area contributed by atoms with E-state index in [-0.39, 0.29) is 0 Å². The van der Waals surface area contributed by atoms with Crippen molar-refractivity contribution in [3.63, 3.8) is 0 Å². The molecule has 0 aromatic heterocycles. The van der Waals surface area contributed by atoms with Crippen molar-refractivity contribution in [2.45, 2.75) is 19.1 Å². The van der Waals surface area contributed by atoms with Crippen molar-refractivity contribution in [1.29, 1.82) is 5.26 Å². The maximum atomic E-state index is 12.3. The second-order valence-corrected chi connectivity index (χ2v) is 5.15. The van der Waals surface area contributed by atoms with Crippen molar-refractivity contribution >= 4 is 11.8 Å². The minimum atomic E-state index is -0.925. The molecule has 0 radical (unpaired) electrons. The van der Waals surface area contributed by atoms with E-state index in [9.17, 15) is 9.59 Å². The van der Waals surface area contributed by atoms with Crippen LogP contribution in [0.1, 0.15) is 24.1 Å². The molecule has 0 aliphatic rings. The third kappa shape index (κ3) is 4.34. The van der Waals surface area contributed by atoms with Crippen LogP contribution < -0.4 is 15.8 Å². The molecule has 0 aliphatic carbocycles. The summed E-state index contributed by atoms with van der Waals surface area (Å²) in [7, 11) is 0. The Bertz CT molecular complexity index is 751. The lowest BCUT2D eigenvalue weighted by Gasteiger charge is -2.19. The highest BCUT2D eigenvalue weighted by Gasteiger charge is 2.23. The number of hydrogen-bond donors (Lipinski definition) is 2. The summed E-state index contributed by atoms with van der Waals surface area (Å²) in [6.45, 7) is 1.57. The summed E-state index contributed by atoms with van der Waals surface area (Å²) in [5.74, 6) is -0.667. The number of carbonyl (C=O) groups excluding carboxylic acids is 2. The Morgan fingerprint density at radius 2 is 1.75 bits per heavy atom. The van der Waals surface area contributed by atoms with Gasteiger partial charge in [-0.1, -0.05) is 30.3 Å². The standard InChI is InChI=1S/C18H17N3O3/c1-12(24-15-9-7-13(11-19)8-10-15)18(23)21-16(17(20)22)14-5-3-2-4-6-14/h2-10,12,16H,1H3,(H2,20,22)(H,21,23). The van der Waals surface area contributed by atoms with Crippen LogP contribution in [-0.4, -0.2) is 17.9 Å². The molecule has 122 valence electrons. The molecule has 0 heterocycles. The van der Waals surface area contributed by atoms with E-state index in [2.05, 4.69) is 5.32 Å². The van der Waals surface area contributed by atoms with Crippen LogP contribution in [0.15, 0.2) is 54.6 Å². The number of hydrogen-bond acceptors (Lipinski definition) is 4. The third-order valence-electron chi connectivity index (χ3n) is 3.37. The number of nitrogens with zero attached hydrogens (tertiary/aromatic N) is 1. The predicted molar refractivity (Wildman–Crippen MR) is 87.8 cm³/mol. The average molecular weight is 323 g/mol. The topological polar surface area (TPSA) is 105 Å². The van der Waals surface area contributed by atoms with Crippen molar-refractivity contribution in [1.82, 2.24) is 5.32 Å². The lowest BCUT2D eigenvalue weighted by molar-refractivity contribution is -0.131. The Labute approximate surface area is 139 Å². The summed E-state index contributed by atoms with van der Waals surface area (Å²) in [4.78, 5) is 23.9. The quantitative estimate of drug-likeness (QED) is 0.843. The van der Waals surface area contributed by atoms with E-state index in [0.29, 0.717) is 16.9 Å². The maximum Gasteiger partial charge on any atom is 0.261 e. The number of nitrogens with one attached hydrogen (secondary N) is 1. The highest BCUT2D eigenvalue weighted by atomic mass is 16.5. The molecule has 24 heavy (non-hydrogen) atoms. The normalized spacial score (nSPS) is 12.5. The molecule has 3 N–H and O–H groups in total. The molecular weight excluding hydrogens is 306 g/mol. The Balaban J connectivity index is 2.03. The lowest BCUT2D eigenvalue weighted by atomic mass is 10.1. The van der Waals surface area contributed by atoms with Crippen LogP contribution >= 0.6 is 0 Å². The van der Waals surface area contributed by atoms with Crippen LogP contribution in [-0.2, 0) is 9.59 Å². The van der Waals surface area contributed by atoms with Gasteiger partial charge in [0.1, 0.15) is 11.8 Å². The SMILES string of the molecule is CC(Oc1ccc(C#N)cc1)C(=O)NC(C(N)=O)c1ccccc1. The van der Waals surface area contributed by atoms with Gasteiger partial charge in [0.15, 0.2) is 6.10 Å². The molecule has 2 unspecified atom stereocenters. The number of nitriles is 1. The van der Waals surface area contributed by atoms with E-state index < -0.39 is 24.0 Å². The van der Waals surface area contributed by atoms with Crippen LogP contribution in [0.4, 0.5) is 0 Å². The van der Waals surface area contributed by atoms with Gasteiger partial charge in [0, 0.05) is 0 Å². The molecule has 0 fully saturated rings. The molecule has 0 saturated heterocycles. The fourth-order valence-electron chi connectivity index (χ4n) is 2.09. The number of carbonyl (C=O) groups is 2. The zero-order chi connectivity index (χ0) is 17.5. The molecule has 2 amide bonds. The number of rotatable bonds is 6. The Hall–Kier alpha value is -3.33. The van der Waals surface area contributed by atoms with Gasteiger partial charge in [-0.2, -0.15) is 5.26 Å². The molecule has 2 atom stereocenters.